The Balaban J connectivity index is 2.05. The number of carboxylic acids is 1. The second-order valence-corrected chi connectivity index (χ2v) is 13.1. The Hall–Kier alpha value is -5.11. The monoisotopic (exact) mass is 738 g/mol. The van der Waals surface area contributed by atoms with Crippen LogP contribution in [0, 0.1) is 0 Å². The van der Waals surface area contributed by atoms with E-state index in [2.05, 4.69) is 31.9 Å². The lowest BCUT2D eigenvalue weighted by Gasteiger charge is -2.35. The molecule has 2 heterocycles. The first-order valence-corrected chi connectivity index (χ1v) is 16.8. The number of nitrogens with zero attached hydrogens (tertiary/aromatic N) is 2. The quantitative estimate of drug-likeness (QED) is 0.0724. The lowest BCUT2D eigenvalue weighted by molar-refractivity contribution is -0.143. The van der Waals surface area contributed by atoms with Gasteiger partial charge in [-0.2, -0.15) is 0 Å². The average molecular weight is 739 g/mol. The van der Waals surface area contributed by atoms with Gasteiger partial charge in [-0.3, -0.25) is 43.2 Å². The summed E-state index contributed by atoms with van der Waals surface area (Å²) in [5.74, 6) is -6.72. The lowest BCUT2D eigenvalue weighted by atomic mass is 10.1. The maximum Gasteiger partial charge on any atom is 0.325 e. The summed E-state index contributed by atoms with van der Waals surface area (Å²) >= 11 is 0. The minimum atomic E-state index is -1.36. The molecule has 9 atom stereocenters. The smallest absolute Gasteiger partial charge is 0.325 e. The van der Waals surface area contributed by atoms with E-state index in [1.165, 1.54) is 59.4 Å². The maximum atomic E-state index is 13.7. The Labute approximate surface area is 300 Å². The van der Waals surface area contributed by atoms with Crippen LogP contribution in [0.3, 0.4) is 0 Å². The molecule has 0 radical (unpaired) electrons. The van der Waals surface area contributed by atoms with Gasteiger partial charge >= 0.3 is 5.97 Å². The van der Waals surface area contributed by atoms with Gasteiger partial charge in [-0.25, -0.2) is 0 Å². The molecule has 2 aliphatic rings. The Bertz CT molecular complexity index is 1450. The molecule has 290 valence electrons. The van der Waals surface area contributed by atoms with Crippen LogP contribution in [0.1, 0.15) is 61.3 Å². The fourth-order valence-corrected chi connectivity index (χ4v) is 5.44. The Morgan fingerprint density at radius 2 is 1.21 bits per heavy atom. The van der Waals surface area contributed by atoms with Crippen LogP contribution >= 0.6 is 0 Å². The number of carboxylic acid groups (broad SMARTS) is 1. The minimum absolute atomic E-state index is 0.101. The highest BCUT2D eigenvalue weighted by atomic mass is 16.4. The first-order chi connectivity index (χ1) is 24.1. The molecule has 0 aromatic carbocycles. The van der Waals surface area contributed by atoms with E-state index in [9.17, 15) is 53.4 Å². The normalized spacial score (nSPS) is 20.4. The van der Waals surface area contributed by atoms with Crippen molar-refractivity contribution in [3.8, 4) is 0 Å². The van der Waals surface area contributed by atoms with Gasteiger partial charge in [-0.1, -0.05) is 0 Å². The standard InChI is InChI=1S/C32H50N8O12/c1-14(26(45)34-15(2)28(47)36-17(4)32(51)52)33-27(46)16(3)35-29(48)23-9-8-10-40(23)31(50)25(19(6)42)38-21-11-22(44)13-39(12-21)30(49)24(18(5)41)37-20(7)43/h11,14-19,23-25,38,41-42H,8-10,12-13H2,1-7H3,(H,33,46)(H,34,45)(H,35,48)(H,36,47)(H,37,43)(H,51,52)/t14-,15-,16-,17-,18+,19+,23+,24-,25-/m0/s1. The molecule has 2 rings (SSSR count). The molecule has 0 spiro atoms. The molecule has 0 aliphatic carbocycles. The van der Waals surface area contributed by atoms with Crippen molar-refractivity contribution in [1.29, 1.82) is 0 Å². The Morgan fingerprint density at radius 3 is 1.69 bits per heavy atom. The SMILES string of the molecule is CC(=O)N[C@H](C(=O)N1CC(=O)C=C(N[C@H](C(=O)N2CCC[C@@H]2C(=O)N[C@@H](C)C(=O)N[C@@H](C)C(=O)N[C@@H](C)C(=O)N[C@@H](C)C(=O)O)[C@@H](C)O)C1)[C@@H](C)O. The van der Waals surface area contributed by atoms with Gasteiger partial charge < -0.3 is 57.0 Å². The zero-order chi connectivity index (χ0) is 39.6. The molecule has 1 fully saturated rings. The van der Waals surface area contributed by atoms with Gasteiger partial charge in [0.1, 0.15) is 42.3 Å². The zero-order valence-corrected chi connectivity index (χ0v) is 30.2. The molecule has 20 heteroatoms. The van der Waals surface area contributed by atoms with Crippen molar-refractivity contribution in [2.24, 2.45) is 0 Å². The highest BCUT2D eigenvalue weighted by molar-refractivity contribution is 5.98. The molecule has 7 amide bonds. The molecular weight excluding hydrogens is 688 g/mol. The third kappa shape index (κ3) is 12.0. The van der Waals surface area contributed by atoms with Crippen LogP contribution < -0.4 is 31.9 Å². The van der Waals surface area contributed by atoms with Crippen LogP contribution in [-0.2, 0) is 43.2 Å². The molecule has 0 aromatic heterocycles. The molecular formula is C32H50N8O12. The predicted octanol–water partition coefficient (Wildman–Crippen LogP) is -4.40. The number of carbonyl (C=O) groups is 9. The second-order valence-electron chi connectivity index (χ2n) is 13.1. The topological polar surface area (TPSA) is 293 Å². The van der Waals surface area contributed by atoms with E-state index in [-0.39, 0.29) is 31.8 Å². The van der Waals surface area contributed by atoms with E-state index in [0.29, 0.717) is 6.42 Å². The molecule has 0 aromatic rings. The molecule has 0 saturated carbocycles. The fourth-order valence-electron chi connectivity index (χ4n) is 5.44. The average Bonchev–Trinajstić information content (AvgIpc) is 3.55. The van der Waals surface area contributed by atoms with Gasteiger partial charge in [-0.05, 0) is 54.4 Å². The summed E-state index contributed by atoms with van der Waals surface area (Å²) in [5.41, 5.74) is 0.101. The van der Waals surface area contributed by atoms with Crippen molar-refractivity contribution in [1.82, 2.24) is 41.7 Å². The highest BCUT2D eigenvalue weighted by Crippen LogP contribution is 2.21. The van der Waals surface area contributed by atoms with Crippen LogP contribution in [0.25, 0.3) is 0 Å². The number of aliphatic hydroxyl groups is 2. The van der Waals surface area contributed by atoms with Crippen LogP contribution in [-0.4, -0.2) is 152 Å². The molecule has 0 unspecified atom stereocenters. The number of amides is 7. The number of hydrogen-bond acceptors (Lipinski definition) is 12. The van der Waals surface area contributed by atoms with Crippen molar-refractivity contribution in [3.63, 3.8) is 0 Å². The zero-order valence-electron chi connectivity index (χ0n) is 30.2. The maximum absolute atomic E-state index is 13.7. The van der Waals surface area contributed by atoms with E-state index in [4.69, 9.17) is 5.11 Å². The summed E-state index contributed by atoms with van der Waals surface area (Å²) in [5, 5.41) is 44.2. The lowest BCUT2D eigenvalue weighted by Crippen LogP contribution is -2.59. The van der Waals surface area contributed by atoms with Gasteiger partial charge in [-0.15, -0.1) is 0 Å². The molecule has 52 heavy (non-hydrogen) atoms. The fraction of sp³-hybridized carbons (Fsp3) is 0.656. The van der Waals surface area contributed by atoms with E-state index in [1.807, 2.05) is 0 Å². The van der Waals surface area contributed by atoms with Crippen LogP contribution in [0.15, 0.2) is 11.8 Å². The molecule has 1 saturated heterocycles. The molecule has 9 N–H and O–H groups in total. The Kier molecular flexibility index (Phi) is 15.7. The number of rotatable bonds is 16. The summed E-state index contributed by atoms with van der Waals surface area (Å²) < 4.78 is 0. The number of ketones is 1. The van der Waals surface area contributed by atoms with Gasteiger partial charge in [0.25, 0.3) is 0 Å². The molecule has 20 nitrogen and oxygen atoms in total. The third-order valence-corrected chi connectivity index (χ3v) is 8.38. The molecule has 0 bridgehead atoms. The second kappa shape index (κ2) is 18.9. The van der Waals surface area contributed by atoms with Crippen molar-refractivity contribution in [2.75, 3.05) is 19.6 Å². The molecule has 2 aliphatic heterocycles. The summed E-state index contributed by atoms with van der Waals surface area (Å²) in [6.45, 7) is 8.63. The van der Waals surface area contributed by atoms with Crippen LogP contribution in [0.4, 0.5) is 0 Å². The van der Waals surface area contributed by atoms with E-state index < -0.39 is 108 Å². The number of aliphatic carboxylic acids is 1. The first-order valence-electron chi connectivity index (χ1n) is 16.8. The van der Waals surface area contributed by atoms with Gasteiger partial charge in [0.15, 0.2) is 5.78 Å². The first kappa shape index (κ1) is 43.1. The van der Waals surface area contributed by atoms with Gasteiger partial charge in [0, 0.05) is 25.2 Å². The van der Waals surface area contributed by atoms with Crippen molar-refractivity contribution < 1.29 is 58.5 Å². The van der Waals surface area contributed by atoms with Crippen LogP contribution in [0.5, 0.6) is 0 Å². The van der Waals surface area contributed by atoms with Crippen molar-refractivity contribution in [2.45, 2.75) is 116 Å². The number of likely N-dealkylation sites (tertiary alicyclic amines) is 1. The minimum Gasteiger partial charge on any atom is -0.480 e. The van der Waals surface area contributed by atoms with Crippen LogP contribution in [0.2, 0.25) is 0 Å². The van der Waals surface area contributed by atoms with E-state index in [1.54, 1.807) is 0 Å². The predicted molar refractivity (Wildman–Crippen MR) is 180 cm³/mol. The third-order valence-electron chi connectivity index (χ3n) is 8.38. The summed E-state index contributed by atoms with van der Waals surface area (Å²) in [6.07, 6.45) is -0.798. The summed E-state index contributed by atoms with van der Waals surface area (Å²) in [7, 11) is 0. The number of aliphatic hydroxyl groups excluding tert-OH is 2. The van der Waals surface area contributed by atoms with E-state index >= 15 is 0 Å². The Morgan fingerprint density at radius 1 is 0.712 bits per heavy atom. The van der Waals surface area contributed by atoms with Crippen molar-refractivity contribution in [3.05, 3.63) is 11.8 Å². The highest BCUT2D eigenvalue weighted by Gasteiger charge is 2.40. The van der Waals surface area contributed by atoms with E-state index in [0.717, 1.165) is 4.90 Å². The van der Waals surface area contributed by atoms with Gasteiger partial charge in [0.2, 0.25) is 41.4 Å². The number of carbonyl (C=O) groups excluding carboxylic acids is 8. The van der Waals surface area contributed by atoms with Gasteiger partial charge in [0.05, 0.1) is 25.3 Å². The van der Waals surface area contributed by atoms with Crippen molar-refractivity contribution >= 4 is 53.1 Å². The summed E-state index contributed by atoms with van der Waals surface area (Å²) in [6, 6.07) is -8.36. The number of hydrogen-bond donors (Lipinski definition) is 9. The summed E-state index contributed by atoms with van der Waals surface area (Å²) in [4.78, 5) is 115. The number of nitrogens with one attached hydrogen (secondary N) is 6. The largest absolute Gasteiger partial charge is 0.480 e.